The fourth-order valence-corrected chi connectivity index (χ4v) is 2.75. The lowest BCUT2D eigenvalue weighted by atomic mass is 10.1. The van der Waals surface area contributed by atoms with Gasteiger partial charge in [0.25, 0.3) is 5.24 Å². The number of nitrogens with zero attached hydrogens (tertiary/aromatic N) is 1. The summed E-state index contributed by atoms with van der Waals surface area (Å²) in [6.07, 6.45) is 3.29. The van der Waals surface area contributed by atoms with Gasteiger partial charge in [-0.1, -0.05) is 18.2 Å². The summed E-state index contributed by atoms with van der Waals surface area (Å²) in [4.78, 5) is 26.4. The lowest BCUT2D eigenvalue weighted by molar-refractivity contribution is 0.104. The van der Waals surface area contributed by atoms with Gasteiger partial charge in [-0.3, -0.25) is 9.59 Å². The zero-order valence-electron chi connectivity index (χ0n) is 14.6. The lowest BCUT2D eigenvalue weighted by Gasteiger charge is -2.09. The molecule has 0 aliphatic carbocycles. The second-order valence-corrected chi connectivity index (χ2v) is 6.51. The van der Waals surface area contributed by atoms with Crippen molar-refractivity contribution in [3.63, 3.8) is 0 Å². The van der Waals surface area contributed by atoms with Crippen molar-refractivity contribution in [2.45, 2.75) is 11.8 Å². The summed E-state index contributed by atoms with van der Waals surface area (Å²) in [7, 11) is 3.43. The van der Waals surface area contributed by atoms with Crippen LogP contribution in [0, 0.1) is 0 Å². The Kier molecular flexibility index (Phi) is 6.83. The maximum Gasteiger partial charge on any atom is 0.285 e. The summed E-state index contributed by atoms with van der Waals surface area (Å²) >= 11 is 1.16. The van der Waals surface area contributed by atoms with Gasteiger partial charge < -0.3 is 9.64 Å². The van der Waals surface area contributed by atoms with Crippen molar-refractivity contribution in [1.82, 2.24) is 4.90 Å². The number of ether oxygens (including phenoxy) is 1. The fraction of sp³-hybridized carbons (Fsp3) is 0.200. The number of carbonyl (C=O) groups is 2. The molecule has 0 fully saturated rings. The van der Waals surface area contributed by atoms with Crippen LogP contribution in [0.25, 0.3) is 6.08 Å². The van der Waals surface area contributed by atoms with E-state index in [4.69, 9.17) is 4.74 Å². The molecule has 0 N–H and O–H groups in total. The molecule has 1 amide bonds. The summed E-state index contributed by atoms with van der Waals surface area (Å²) in [5.74, 6) is 0.670. The van der Waals surface area contributed by atoms with Crippen molar-refractivity contribution in [2.24, 2.45) is 0 Å². The van der Waals surface area contributed by atoms with Crippen molar-refractivity contribution >= 4 is 28.9 Å². The quantitative estimate of drug-likeness (QED) is 0.426. The number of rotatable bonds is 6. The van der Waals surface area contributed by atoms with Crippen molar-refractivity contribution < 1.29 is 14.3 Å². The number of benzene rings is 2. The highest BCUT2D eigenvalue weighted by Gasteiger charge is 2.07. The Hall–Kier alpha value is -2.53. The van der Waals surface area contributed by atoms with Gasteiger partial charge in [0, 0.05) is 24.6 Å². The molecular weight excluding hydrogens is 334 g/mol. The maximum absolute atomic E-state index is 12.2. The number of allylic oxidation sites excluding steroid dienone is 1. The molecule has 0 unspecified atom stereocenters. The Morgan fingerprint density at radius 2 is 1.84 bits per heavy atom. The molecule has 0 aliphatic rings. The summed E-state index contributed by atoms with van der Waals surface area (Å²) in [5, 5.41) is -0.0356. The molecule has 2 aromatic rings. The van der Waals surface area contributed by atoms with E-state index in [0.29, 0.717) is 12.2 Å². The number of hydrogen-bond donors (Lipinski definition) is 0. The van der Waals surface area contributed by atoms with Gasteiger partial charge in [-0.2, -0.15) is 0 Å². The van der Waals surface area contributed by atoms with Crippen LogP contribution in [-0.4, -0.2) is 36.6 Å². The predicted molar refractivity (Wildman–Crippen MR) is 102 cm³/mol. The number of carbonyl (C=O) groups excluding carboxylic acids is 2. The smallest absolute Gasteiger partial charge is 0.285 e. The molecule has 0 saturated carbocycles. The van der Waals surface area contributed by atoms with E-state index in [1.54, 1.807) is 44.4 Å². The predicted octanol–water partition coefficient (Wildman–Crippen LogP) is 4.76. The van der Waals surface area contributed by atoms with Gasteiger partial charge in [0.15, 0.2) is 5.78 Å². The highest BCUT2D eigenvalue weighted by molar-refractivity contribution is 8.13. The highest BCUT2D eigenvalue weighted by atomic mass is 32.2. The van der Waals surface area contributed by atoms with Crippen molar-refractivity contribution in [1.29, 1.82) is 0 Å². The molecule has 130 valence electrons. The summed E-state index contributed by atoms with van der Waals surface area (Å²) < 4.78 is 5.37. The minimum absolute atomic E-state index is 0.0356. The second kappa shape index (κ2) is 9.08. The molecule has 0 aromatic heterocycles. The first kappa shape index (κ1) is 18.8. The summed E-state index contributed by atoms with van der Waals surface area (Å²) in [5.41, 5.74) is 1.48. The van der Waals surface area contributed by atoms with Crippen LogP contribution >= 0.6 is 11.8 Å². The van der Waals surface area contributed by atoms with E-state index in [-0.39, 0.29) is 11.0 Å². The molecule has 0 spiro atoms. The topological polar surface area (TPSA) is 46.6 Å². The van der Waals surface area contributed by atoms with Gasteiger partial charge in [-0.05, 0) is 66.7 Å². The molecule has 0 atom stereocenters. The number of ketones is 1. The van der Waals surface area contributed by atoms with Crippen molar-refractivity contribution in [3.05, 3.63) is 65.7 Å². The normalized spacial score (nSPS) is 10.7. The van der Waals surface area contributed by atoms with E-state index in [9.17, 15) is 9.59 Å². The van der Waals surface area contributed by atoms with Gasteiger partial charge in [0.1, 0.15) is 5.75 Å². The molecule has 25 heavy (non-hydrogen) atoms. The lowest BCUT2D eigenvalue weighted by Crippen LogP contribution is -2.15. The van der Waals surface area contributed by atoms with Crippen molar-refractivity contribution in [3.8, 4) is 5.75 Å². The van der Waals surface area contributed by atoms with E-state index < -0.39 is 0 Å². The van der Waals surface area contributed by atoms with Crippen LogP contribution in [-0.2, 0) is 0 Å². The van der Waals surface area contributed by atoms with Crippen LogP contribution in [0.4, 0.5) is 4.79 Å². The Bertz CT molecular complexity index is 767. The zero-order chi connectivity index (χ0) is 18.2. The first-order valence-corrected chi connectivity index (χ1v) is 8.75. The minimum atomic E-state index is -0.0783. The van der Waals surface area contributed by atoms with E-state index in [0.717, 1.165) is 28.0 Å². The van der Waals surface area contributed by atoms with E-state index in [1.807, 2.05) is 31.2 Å². The van der Waals surface area contributed by atoms with Gasteiger partial charge in [0.2, 0.25) is 0 Å². The van der Waals surface area contributed by atoms with Crippen LogP contribution in [0.5, 0.6) is 5.75 Å². The molecule has 4 nitrogen and oxygen atoms in total. The number of amides is 1. The standard InChI is InChI=1S/C20H21NO3S/c1-4-24-17-11-9-16(10-12-17)19(22)13-8-15-6-5-7-18(14-15)25-20(23)21(2)3/h5-14H,4H2,1-3H3/b13-8+. The molecule has 0 aliphatic heterocycles. The third-order valence-electron chi connectivity index (χ3n) is 3.31. The monoisotopic (exact) mass is 355 g/mol. The molecule has 0 bridgehead atoms. The van der Waals surface area contributed by atoms with Crippen LogP contribution in [0.15, 0.2) is 59.5 Å². The molecular formula is C20H21NO3S. The second-order valence-electron chi connectivity index (χ2n) is 5.49. The highest BCUT2D eigenvalue weighted by Crippen LogP contribution is 2.22. The first-order chi connectivity index (χ1) is 12.0. The minimum Gasteiger partial charge on any atom is -0.494 e. The SMILES string of the molecule is CCOc1ccc(C(=O)/C=C/c2cccc(SC(=O)N(C)C)c2)cc1. The Labute approximate surface area is 152 Å². The number of thioether (sulfide) groups is 1. The van der Waals surface area contributed by atoms with E-state index in [1.165, 1.54) is 11.0 Å². The van der Waals surface area contributed by atoms with Crippen LogP contribution in [0.1, 0.15) is 22.8 Å². The van der Waals surface area contributed by atoms with E-state index in [2.05, 4.69) is 0 Å². The van der Waals surface area contributed by atoms with E-state index >= 15 is 0 Å². The third kappa shape index (κ3) is 5.80. The molecule has 0 saturated heterocycles. The Balaban J connectivity index is 2.05. The Morgan fingerprint density at radius 1 is 1.12 bits per heavy atom. The van der Waals surface area contributed by atoms with Crippen LogP contribution in [0.2, 0.25) is 0 Å². The third-order valence-corrected chi connectivity index (χ3v) is 4.33. The van der Waals surface area contributed by atoms with Gasteiger partial charge in [0.05, 0.1) is 6.61 Å². The zero-order valence-corrected chi connectivity index (χ0v) is 15.4. The average molecular weight is 355 g/mol. The first-order valence-electron chi connectivity index (χ1n) is 7.94. The Morgan fingerprint density at radius 3 is 2.48 bits per heavy atom. The summed E-state index contributed by atoms with van der Waals surface area (Å²) in [6.45, 7) is 2.51. The molecule has 5 heteroatoms. The van der Waals surface area contributed by atoms with Gasteiger partial charge in [-0.25, -0.2) is 0 Å². The maximum atomic E-state index is 12.2. The van der Waals surface area contributed by atoms with Crippen molar-refractivity contribution in [2.75, 3.05) is 20.7 Å². The molecule has 2 aromatic carbocycles. The van der Waals surface area contributed by atoms with Crippen LogP contribution in [0.3, 0.4) is 0 Å². The molecule has 2 rings (SSSR count). The van der Waals surface area contributed by atoms with Gasteiger partial charge in [-0.15, -0.1) is 0 Å². The summed E-state index contributed by atoms with van der Waals surface area (Å²) in [6, 6.07) is 14.6. The average Bonchev–Trinajstić information content (AvgIpc) is 2.61. The van der Waals surface area contributed by atoms with Crippen LogP contribution < -0.4 is 4.74 Å². The molecule has 0 heterocycles. The largest absolute Gasteiger partial charge is 0.494 e. The molecule has 0 radical (unpaired) electrons. The number of hydrogen-bond acceptors (Lipinski definition) is 4. The van der Waals surface area contributed by atoms with Gasteiger partial charge >= 0.3 is 0 Å². The fourth-order valence-electron chi connectivity index (χ4n) is 2.02.